The minimum absolute atomic E-state index is 1.10. The second-order valence-corrected chi connectivity index (χ2v) is 13.7. The minimum Gasteiger partial charge on any atom is -0.309 e. The van der Waals surface area contributed by atoms with Gasteiger partial charge in [0.15, 0.2) is 0 Å². The van der Waals surface area contributed by atoms with Gasteiger partial charge in [0.05, 0.1) is 11.4 Å². The van der Waals surface area contributed by atoms with Gasteiger partial charge in [-0.15, -0.1) is 0 Å². The van der Waals surface area contributed by atoms with Crippen LogP contribution in [0.2, 0.25) is 0 Å². The number of rotatable bonds is 6. The second kappa shape index (κ2) is 13.0. The summed E-state index contributed by atoms with van der Waals surface area (Å²) in [7, 11) is 0. The molecule has 0 aliphatic heterocycles. The molecule has 0 heterocycles. The van der Waals surface area contributed by atoms with Crippen molar-refractivity contribution in [1.82, 2.24) is 0 Å². The Morgan fingerprint density at radius 1 is 0.245 bits per heavy atom. The monoisotopic (exact) mass is 673 g/mol. The zero-order chi connectivity index (χ0) is 35.1. The lowest BCUT2D eigenvalue weighted by molar-refractivity contribution is 1.30. The summed E-state index contributed by atoms with van der Waals surface area (Å²) in [4.78, 5) is 2.47. The lowest BCUT2D eigenvalue weighted by Crippen LogP contribution is -2.12. The highest BCUT2D eigenvalue weighted by molar-refractivity contribution is 6.06. The fraction of sp³-hybridized carbons (Fsp3) is 0. The Hall–Kier alpha value is -6.96. The fourth-order valence-electron chi connectivity index (χ4n) is 8.03. The molecule has 0 saturated heterocycles. The molecule has 10 aromatic rings. The van der Waals surface area contributed by atoms with E-state index >= 15 is 0 Å². The molecule has 0 aliphatic rings. The van der Waals surface area contributed by atoms with Gasteiger partial charge in [0.2, 0.25) is 0 Å². The maximum Gasteiger partial charge on any atom is 0.0546 e. The summed E-state index contributed by atoms with van der Waals surface area (Å²) < 4.78 is 0. The molecule has 10 aromatic carbocycles. The van der Waals surface area contributed by atoms with Crippen molar-refractivity contribution in [3.63, 3.8) is 0 Å². The quantitative estimate of drug-likeness (QED) is 0.170. The van der Waals surface area contributed by atoms with E-state index in [2.05, 4.69) is 217 Å². The zero-order valence-corrected chi connectivity index (χ0v) is 29.2. The molecule has 1 nitrogen and oxygen atoms in total. The first-order valence-electron chi connectivity index (χ1n) is 18.3. The Labute approximate surface area is 309 Å². The molecule has 0 aromatic heterocycles. The van der Waals surface area contributed by atoms with Crippen LogP contribution in [0.25, 0.3) is 76.5 Å². The van der Waals surface area contributed by atoms with Crippen LogP contribution in [-0.4, -0.2) is 0 Å². The number of hydrogen-bond acceptors (Lipinski definition) is 1. The van der Waals surface area contributed by atoms with Crippen LogP contribution >= 0.6 is 0 Å². The molecule has 10 rings (SSSR count). The third-order valence-corrected chi connectivity index (χ3v) is 10.6. The average molecular weight is 674 g/mol. The molecule has 0 N–H and O–H groups in total. The van der Waals surface area contributed by atoms with Crippen molar-refractivity contribution >= 4 is 60.2 Å². The van der Waals surface area contributed by atoms with Crippen molar-refractivity contribution in [3.05, 3.63) is 212 Å². The van der Waals surface area contributed by atoms with Crippen molar-refractivity contribution in [1.29, 1.82) is 0 Å². The molecule has 0 saturated carbocycles. The highest BCUT2D eigenvalue weighted by atomic mass is 15.1. The summed E-state index contributed by atoms with van der Waals surface area (Å²) in [5, 5.41) is 9.85. The van der Waals surface area contributed by atoms with Crippen LogP contribution in [0.15, 0.2) is 212 Å². The highest BCUT2D eigenvalue weighted by Crippen LogP contribution is 2.47. The molecule has 0 bridgehead atoms. The second-order valence-electron chi connectivity index (χ2n) is 13.7. The first-order valence-corrected chi connectivity index (χ1v) is 18.3. The van der Waals surface area contributed by atoms with Gasteiger partial charge in [-0.1, -0.05) is 182 Å². The molecular formula is C52H35N. The molecule has 0 radical (unpaired) electrons. The molecule has 1 heteroatoms. The molecule has 0 amide bonds. The maximum atomic E-state index is 2.47. The lowest BCUT2D eigenvalue weighted by atomic mass is 9.92. The van der Waals surface area contributed by atoms with Gasteiger partial charge in [-0.3, -0.25) is 0 Å². The summed E-state index contributed by atoms with van der Waals surface area (Å²) in [6, 6.07) is 77.5. The summed E-state index contributed by atoms with van der Waals surface area (Å²) >= 11 is 0. The van der Waals surface area contributed by atoms with E-state index in [9.17, 15) is 0 Å². The number of fused-ring (bicyclic) bond motifs is 4. The van der Waals surface area contributed by atoms with Crippen LogP contribution in [0.4, 0.5) is 17.1 Å². The first kappa shape index (κ1) is 30.8. The maximum absolute atomic E-state index is 2.47. The number of anilines is 3. The van der Waals surface area contributed by atoms with Crippen molar-refractivity contribution in [3.8, 4) is 33.4 Å². The molecular weight excluding hydrogens is 639 g/mol. The highest BCUT2D eigenvalue weighted by Gasteiger charge is 2.22. The predicted molar refractivity (Wildman–Crippen MR) is 227 cm³/mol. The van der Waals surface area contributed by atoms with Crippen LogP contribution in [0.1, 0.15) is 0 Å². The van der Waals surface area contributed by atoms with E-state index < -0.39 is 0 Å². The van der Waals surface area contributed by atoms with E-state index in [1.54, 1.807) is 0 Å². The standard InChI is InChI=1S/C52H35N/c1-2-16-41-34-42(27-26-36(41)12-1)37-28-31-44(32-29-37)53(51-25-11-19-40-15-5-8-22-48(40)51)52-35-43(47-23-9-17-38-13-3-6-20-45(38)47)30-33-50(52)49-24-10-18-39-14-4-7-21-46(39)49/h1-35H. The van der Waals surface area contributed by atoms with Crippen LogP contribution in [0.3, 0.4) is 0 Å². The Kier molecular flexibility index (Phi) is 7.55. The van der Waals surface area contributed by atoms with E-state index in [4.69, 9.17) is 0 Å². The molecule has 53 heavy (non-hydrogen) atoms. The van der Waals surface area contributed by atoms with Crippen molar-refractivity contribution in [2.24, 2.45) is 0 Å². The molecule has 0 unspecified atom stereocenters. The van der Waals surface area contributed by atoms with Gasteiger partial charge in [-0.05, 0) is 95.9 Å². The lowest BCUT2D eigenvalue weighted by Gasteiger charge is -2.30. The van der Waals surface area contributed by atoms with Gasteiger partial charge < -0.3 is 4.90 Å². The minimum atomic E-state index is 1.10. The van der Waals surface area contributed by atoms with Gasteiger partial charge in [0.1, 0.15) is 0 Å². The normalized spacial score (nSPS) is 11.4. The largest absolute Gasteiger partial charge is 0.309 e. The van der Waals surface area contributed by atoms with Gasteiger partial charge in [0, 0.05) is 16.6 Å². The van der Waals surface area contributed by atoms with Crippen molar-refractivity contribution < 1.29 is 0 Å². The van der Waals surface area contributed by atoms with Gasteiger partial charge in [-0.25, -0.2) is 0 Å². The third-order valence-electron chi connectivity index (χ3n) is 10.6. The van der Waals surface area contributed by atoms with E-state index in [-0.39, 0.29) is 0 Å². The SMILES string of the molecule is c1ccc2cc(-c3ccc(N(c4cc(-c5cccc6ccccc56)ccc4-c4cccc5ccccc45)c4cccc5ccccc45)cc3)ccc2c1. The summed E-state index contributed by atoms with van der Waals surface area (Å²) in [6.07, 6.45) is 0. The number of hydrogen-bond donors (Lipinski definition) is 0. The number of nitrogens with zero attached hydrogens (tertiary/aromatic N) is 1. The van der Waals surface area contributed by atoms with Crippen LogP contribution < -0.4 is 4.90 Å². The Morgan fingerprint density at radius 3 is 1.47 bits per heavy atom. The molecule has 0 spiro atoms. The third kappa shape index (κ3) is 5.51. The number of benzene rings is 10. The zero-order valence-electron chi connectivity index (χ0n) is 29.2. The Balaban J connectivity index is 1.24. The van der Waals surface area contributed by atoms with E-state index in [1.165, 1.54) is 76.5 Å². The average Bonchev–Trinajstić information content (AvgIpc) is 3.23. The summed E-state index contributed by atoms with van der Waals surface area (Å²) in [5.74, 6) is 0. The van der Waals surface area contributed by atoms with Crippen LogP contribution in [-0.2, 0) is 0 Å². The molecule has 0 aliphatic carbocycles. The first-order chi connectivity index (χ1) is 26.3. The molecule has 248 valence electrons. The van der Waals surface area contributed by atoms with E-state index in [1.807, 2.05) is 0 Å². The predicted octanol–water partition coefficient (Wildman–Crippen LogP) is 14.8. The summed E-state index contributed by atoms with van der Waals surface area (Å²) in [5.41, 5.74) is 10.6. The van der Waals surface area contributed by atoms with Crippen molar-refractivity contribution in [2.75, 3.05) is 4.90 Å². The van der Waals surface area contributed by atoms with Gasteiger partial charge >= 0.3 is 0 Å². The van der Waals surface area contributed by atoms with Crippen molar-refractivity contribution in [2.45, 2.75) is 0 Å². The Bertz CT molecular complexity index is 2940. The molecule has 0 atom stereocenters. The van der Waals surface area contributed by atoms with Crippen LogP contribution in [0.5, 0.6) is 0 Å². The fourth-order valence-corrected chi connectivity index (χ4v) is 8.03. The topological polar surface area (TPSA) is 3.24 Å². The van der Waals surface area contributed by atoms with E-state index in [0.29, 0.717) is 0 Å². The van der Waals surface area contributed by atoms with Crippen LogP contribution in [0, 0.1) is 0 Å². The molecule has 0 fully saturated rings. The van der Waals surface area contributed by atoms with Gasteiger partial charge in [-0.2, -0.15) is 0 Å². The smallest absolute Gasteiger partial charge is 0.0546 e. The Morgan fingerprint density at radius 2 is 0.755 bits per heavy atom. The van der Waals surface area contributed by atoms with E-state index in [0.717, 1.165) is 17.1 Å². The van der Waals surface area contributed by atoms with Gasteiger partial charge in [0.25, 0.3) is 0 Å². The summed E-state index contributed by atoms with van der Waals surface area (Å²) in [6.45, 7) is 0.